The highest BCUT2D eigenvalue weighted by atomic mass is 32.2. The summed E-state index contributed by atoms with van der Waals surface area (Å²) in [6.45, 7) is 7.17. The summed E-state index contributed by atoms with van der Waals surface area (Å²) in [5.74, 6) is 2.59. The Hall–Kier alpha value is -0.830. The summed E-state index contributed by atoms with van der Waals surface area (Å²) in [7, 11) is 0. The van der Waals surface area contributed by atoms with E-state index in [0.29, 0.717) is 45.3 Å². The zero-order valence-corrected chi connectivity index (χ0v) is 15.1. The maximum atomic E-state index is 12.4. The summed E-state index contributed by atoms with van der Waals surface area (Å²) < 4.78 is 5.28. The van der Waals surface area contributed by atoms with Gasteiger partial charge in [-0.15, -0.1) is 0 Å². The SMILES string of the molecule is O=C(CC1CSCCN1)N1CCN(CC(=O)N2CCOCC2)CC1. The molecule has 24 heavy (non-hydrogen) atoms. The third-order valence-corrected chi connectivity index (χ3v) is 6.00. The molecular weight excluding hydrogens is 328 g/mol. The number of carbonyl (C=O) groups is 2. The minimum absolute atomic E-state index is 0.182. The minimum Gasteiger partial charge on any atom is -0.378 e. The van der Waals surface area contributed by atoms with Gasteiger partial charge in [-0.05, 0) is 0 Å². The lowest BCUT2D eigenvalue weighted by Gasteiger charge is -2.36. The number of piperazine rings is 1. The highest BCUT2D eigenvalue weighted by Crippen LogP contribution is 2.13. The standard InChI is InChI=1S/C16H28N4O3S/c21-15(11-14-13-24-10-1-17-14)19-4-2-18(3-5-19)12-16(22)20-6-8-23-9-7-20/h14,17H,1-13H2. The van der Waals surface area contributed by atoms with Crippen molar-refractivity contribution in [3.8, 4) is 0 Å². The van der Waals surface area contributed by atoms with Crippen LogP contribution < -0.4 is 5.32 Å². The number of rotatable bonds is 4. The molecule has 3 saturated heterocycles. The molecule has 3 aliphatic heterocycles. The summed E-state index contributed by atoms with van der Waals surface area (Å²) in [6, 6.07) is 0.317. The normalized spacial score (nSPS) is 26.4. The molecule has 3 fully saturated rings. The average molecular weight is 356 g/mol. The van der Waals surface area contributed by atoms with Crippen molar-refractivity contribution in [3.05, 3.63) is 0 Å². The van der Waals surface area contributed by atoms with Crippen LogP contribution in [0.15, 0.2) is 0 Å². The van der Waals surface area contributed by atoms with Crippen LogP contribution in [0.1, 0.15) is 6.42 Å². The second kappa shape index (κ2) is 9.03. The van der Waals surface area contributed by atoms with Crippen molar-refractivity contribution in [1.82, 2.24) is 20.0 Å². The molecule has 0 spiro atoms. The first kappa shape index (κ1) is 18.0. The largest absolute Gasteiger partial charge is 0.378 e. The van der Waals surface area contributed by atoms with E-state index in [4.69, 9.17) is 4.74 Å². The zero-order valence-electron chi connectivity index (χ0n) is 14.2. The van der Waals surface area contributed by atoms with Crippen LogP contribution in [0.3, 0.4) is 0 Å². The van der Waals surface area contributed by atoms with Crippen molar-refractivity contribution in [2.45, 2.75) is 12.5 Å². The van der Waals surface area contributed by atoms with Gasteiger partial charge in [-0.25, -0.2) is 0 Å². The Morgan fingerprint density at radius 2 is 1.71 bits per heavy atom. The van der Waals surface area contributed by atoms with Crippen LogP contribution in [0.5, 0.6) is 0 Å². The van der Waals surface area contributed by atoms with E-state index in [2.05, 4.69) is 10.2 Å². The molecule has 1 unspecified atom stereocenters. The zero-order chi connectivity index (χ0) is 16.8. The molecule has 136 valence electrons. The lowest BCUT2D eigenvalue weighted by atomic mass is 10.2. The first-order valence-electron chi connectivity index (χ1n) is 8.89. The van der Waals surface area contributed by atoms with Crippen molar-refractivity contribution in [1.29, 1.82) is 0 Å². The molecule has 7 nitrogen and oxygen atoms in total. The number of amides is 2. The van der Waals surface area contributed by atoms with E-state index >= 15 is 0 Å². The molecule has 0 radical (unpaired) electrons. The molecule has 8 heteroatoms. The van der Waals surface area contributed by atoms with E-state index in [0.717, 1.165) is 44.2 Å². The quantitative estimate of drug-likeness (QED) is 0.703. The molecule has 0 bridgehead atoms. The van der Waals surface area contributed by atoms with Gasteiger partial charge in [0.05, 0.1) is 19.8 Å². The summed E-state index contributed by atoms with van der Waals surface area (Å²) in [4.78, 5) is 30.7. The Kier molecular flexibility index (Phi) is 6.76. The van der Waals surface area contributed by atoms with Crippen LogP contribution in [0.25, 0.3) is 0 Å². The van der Waals surface area contributed by atoms with Gasteiger partial charge in [0.1, 0.15) is 0 Å². The highest BCUT2D eigenvalue weighted by molar-refractivity contribution is 7.99. The van der Waals surface area contributed by atoms with Gasteiger partial charge in [0.2, 0.25) is 11.8 Å². The summed E-state index contributed by atoms with van der Waals surface area (Å²) in [6.07, 6.45) is 0.597. The molecule has 1 atom stereocenters. The molecular formula is C16H28N4O3S. The van der Waals surface area contributed by atoms with E-state index in [1.807, 2.05) is 21.6 Å². The third-order valence-electron chi connectivity index (χ3n) is 4.87. The fraction of sp³-hybridized carbons (Fsp3) is 0.875. The molecule has 0 aromatic heterocycles. The number of nitrogens with zero attached hydrogens (tertiary/aromatic N) is 3. The first-order valence-corrected chi connectivity index (χ1v) is 10.0. The molecule has 0 saturated carbocycles. The Morgan fingerprint density at radius 1 is 1.00 bits per heavy atom. The van der Waals surface area contributed by atoms with E-state index in [1.165, 1.54) is 0 Å². The Bertz CT molecular complexity index is 431. The van der Waals surface area contributed by atoms with Crippen LogP contribution >= 0.6 is 11.8 Å². The lowest BCUT2D eigenvalue weighted by molar-refractivity contribution is -0.138. The predicted molar refractivity (Wildman–Crippen MR) is 94.2 cm³/mol. The predicted octanol–water partition coefficient (Wildman–Crippen LogP) is -0.915. The first-order chi connectivity index (χ1) is 11.7. The van der Waals surface area contributed by atoms with Crippen molar-refractivity contribution < 1.29 is 14.3 Å². The second-order valence-corrected chi connectivity index (χ2v) is 7.73. The molecule has 3 rings (SSSR count). The Balaban J connectivity index is 1.37. The fourth-order valence-corrected chi connectivity index (χ4v) is 4.30. The molecule has 0 aromatic rings. The van der Waals surface area contributed by atoms with E-state index < -0.39 is 0 Å². The molecule has 0 aromatic carbocycles. The number of nitrogens with one attached hydrogen (secondary N) is 1. The lowest BCUT2D eigenvalue weighted by Crippen LogP contribution is -2.53. The van der Waals surface area contributed by atoms with Crippen LogP contribution in [-0.2, 0) is 14.3 Å². The van der Waals surface area contributed by atoms with Gasteiger partial charge in [-0.2, -0.15) is 11.8 Å². The number of hydrogen-bond acceptors (Lipinski definition) is 6. The number of hydrogen-bond donors (Lipinski definition) is 1. The summed E-state index contributed by atoms with van der Waals surface area (Å²) >= 11 is 1.92. The number of ether oxygens (including phenoxy) is 1. The molecule has 3 heterocycles. The molecule has 0 aliphatic carbocycles. The van der Waals surface area contributed by atoms with E-state index in [-0.39, 0.29) is 11.8 Å². The van der Waals surface area contributed by atoms with Crippen molar-refractivity contribution >= 4 is 23.6 Å². The molecule has 1 N–H and O–H groups in total. The maximum absolute atomic E-state index is 12.4. The van der Waals surface area contributed by atoms with Gasteiger partial charge in [0.25, 0.3) is 0 Å². The van der Waals surface area contributed by atoms with Crippen molar-refractivity contribution in [2.75, 3.05) is 77.1 Å². The summed E-state index contributed by atoms with van der Waals surface area (Å²) in [5, 5.41) is 3.42. The summed E-state index contributed by atoms with van der Waals surface area (Å²) in [5.41, 5.74) is 0. The molecule has 3 aliphatic rings. The topological polar surface area (TPSA) is 65.1 Å². The van der Waals surface area contributed by atoms with Gasteiger partial charge in [-0.1, -0.05) is 0 Å². The third kappa shape index (κ3) is 5.08. The van der Waals surface area contributed by atoms with E-state index in [1.54, 1.807) is 0 Å². The van der Waals surface area contributed by atoms with Gasteiger partial charge in [-0.3, -0.25) is 14.5 Å². The van der Waals surface area contributed by atoms with Gasteiger partial charge >= 0.3 is 0 Å². The number of thioether (sulfide) groups is 1. The minimum atomic E-state index is 0.182. The average Bonchev–Trinajstić information content (AvgIpc) is 2.64. The fourth-order valence-electron chi connectivity index (χ4n) is 3.35. The highest BCUT2D eigenvalue weighted by Gasteiger charge is 2.26. The van der Waals surface area contributed by atoms with Gasteiger partial charge in [0, 0.05) is 69.8 Å². The number of carbonyl (C=O) groups excluding carboxylic acids is 2. The second-order valence-electron chi connectivity index (χ2n) is 6.58. The van der Waals surface area contributed by atoms with Crippen LogP contribution in [0, 0.1) is 0 Å². The van der Waals surface area contributed by atoms with Crippen molar-refractivity contribution in [3.63, 3.8) is 0 Å². The Morgan fingerprint density at radius 3 is 2.38 bits per heavy atom. The van der Waals surface area contributed by atoms with Crippen molar-refractivity contribution in [2.24, 2.45) is 0 Å². The van der Waals surface area contributed by atoms with Crippen LogP contribution in [-0.4, -0.2) is 110 Å². The van der Waals surface area contributed by atoms with Crippen LogP contribution in [0.4, 0.5) is 0 Å². The smallest absolute Gasteiger partial charge is 0.236 e. The van der Waals surface area contributed by atoms with E-state index in [9.17, 15) is 9.59 Å². The monoisotopic (exact) mass is 356 g/mol. The van der Waals surface area contributed by atoms with Gasteiger partial charge < -0.3 is 19.9 Å². The number of morpholine rings is 1. The van der Waals surface area contributed by atoms with Gasteiger partial charge in [0.15, 0.2) is 0 Å². The van der Waals surface area contributed by atoms with Crippen LogP contribution in [0.2, 0.25) is 0 Å². The maximum Gasteiger partial charge on any atom is 0.236 e. The Labute approximate surface area is 148 Å². The molecule has 2 amide bonds.